The van der Waals surface area contributed by atoms with E-state index in [1.807, 2.05) is 13.0 Å². The summed E-state index contributed by atoms with van der Waals surface area (Å²) < 4.78 is 17.1. The minimum Gasteiger partial charge on any atom is -0.507 e. The third kappa shape index (κ3) is 4.74. The van der Waals surface area contributed by atoms with Gasteiger partial charge in [-0.3, -0.25) is 9.59 Å². The Morgan fingerprint density at radius 3 is 2.62 bits per heavy atom. The number of carbonyl (C=O) groups is 2. The van der Waals surface area contributed by atoms with E-state index < -0.39 is 17.7 Å². The standard InChI is InChI=1S/C27H31NO6/c1-4-5-11-28-24(18-9-10-21-22(15-18)33-13-12-32-21)23(26(30)27(28)31)25(29)19-7-6-8-20(14-19)34-16-17(2)3/h6-10,14-15,17,24,29H,4-5,11-13,16H2,1-3H3/b25-23-. The van der Waals surface area contributed by atoms with E-state index in [4.69, 9.17) is 14.2 Å². The molecule has 0 aromatic heterocycles. The summed E-state index contributed by atoms with van der Waals surface area (Å²) in [6.07, 6.45) is 1.61. The van der Waals surface area contributed by atoms with Crippen molar-refractivity contribution in [2.75, 3.05) is 26.4 Å². The Morgan fingerprint density at radius 1 is 1.12 bits per heavy atom. The Balaban J connectivity index is 1.78. The van der Waals surface area contributed by atoms with Crippen LogP contribution < -0.4 is 14.2 Å². The molecule has 2 aliphatic rings. The van der Waals surface area contributed by atoms with E-state index in [1.165, 1.54) is 0 Å². The highest BCUT2D eigenvalue weighted by molar-refractivity contribution is 6.46. The Hall–Kier alpha value is -3.48. The first kappa shape index (κ1) is 23.7. The van der Waals surface area contributed by atoms with Crippen molar-refractivity contribution >= 4 is 17.4 Å². The Labute approximate surface area is 199 Å². The summed E-state index contributed by atoms with van der Waals surface area (Å²) in [5.41, 5.74) is 1.18. The van der Waals surface area contributed by atoms with Crippen LogP contribution in [0.25, 0.3) is 5.76 Å². The van der Waals surface area contributed by atoms with Gasteiger partial charge in [0.25, 0.3) is 11.7 Å². The third-order valence-corrected chi connectivity index (χ3v) is 5.87. The van der Waals surface area contributed by atoms with Crippen molar-refractivity contribution in [3.05, 3.63) is 59.2 Å². The number of ether oxygens (including phenoxy) is 3. The number of carbonyl (C=O) groups excluding carboxylic acids is 2. The number of amides is 1. The van der Waals surface area contributed by atoms with Crippen LogP contribution in [0.15, 0.2) is 48.0 Å². The van der Waals surface area contributed by atoms with Gasteiger partial charge in [-0.15, -0.1) is 0 Å². The predicted molar refractivity (Wildman–Crippen MR) is 128 cm³/mol. The normalized spacial score (nSPS) is 19.1. The molecule has 7 nitrogen and oxygen atoms in total. The molecule has 0 bridgehead atoms. The quantitative estimate of drug-likeness (QED) is 0.345. The zero-order valence-corrected chi connectivity index (χ0v) is 19.9. The molecule has 34 heavy (non-hydrogen) atoms. The van der Waals surface area contributed by atoms with Gasteiger partial charge in [0.1, 0.15) is 24.7 Å². The Kier molecular flexibility index (Phi) is 7.10. The van der Waals surface area contributed by atoms with Crippen LogP contribution in [0.5, 0.6) is 17.2 Å². The SMILES string of the molecule is CCCCN1C(=O)C(=O)/C(=C(\O)c2cccc(OCC(C)C)c2)C1c1ccc2c(c1)OCCO2. The number of aliphatic hydroxyl groups is 1. The number of unbranched alkanes of at least 4 members (excludes halogenated alkanes) is 1. The molecule has 2 aromatic carbocycles. The number of Topliss-reactive ketones (excluding diaryl/α,β-unsaturated/α-hetero) is 1. The minimum absolute atomic E-state index is 0.0683. The summed E-state index contributed by atoms with van der Waals surface area (Å²) in [5, 5.41) is 11.3. The van der Waals surface area contributed by atoms with Gasteiger partial charge in [-0.2, -0.15) is 0 Å². The van der Waals surface area contributed by atoms with Gasteiger partial charge in [0, 0.05) is 12.1 Å². The van der Waals surface area contributed by atoms with E-state index in [-0.39, 0.29) is 11.3 Å². The molecular formula is C27H31NO6. The number of benzene rings is 2. The van der Waals surface area contributed by atoms with Crippen LogP contribution in [0.4, 0.5) is 0 Å². The first-order valence-corrected chi connectivity index (χ1v) is 11.8. The maximum absolute atomic E-state index is 13.2. The number of hydrogen-bond acceptors (Lipinski definition) is 6. The largest absolute Gasteiger partial charge is 0.507 e. The van der Waals surface area contributed by atoms with E-state index >= 15 is 0 Å². The van der Waals surface area contributed by atoms with E-state index in [1.54, 1.807) is 41.3 Å². The molecular weight excluding hydrogens is 434 g/mol. The van der Waals surface area contributed by atoms with E-state index in [2.05, 4.69) is 13.8 Å². The van der Waals surface area contributed by atoms with Crippen LogP contribution >= 0.6 is 0 Å². The highest BCUT2D eigenvalue weighted by Gasteiger charge is 2.46. The van der Waals surface area contributed by atoms with Gasteiger partial charge in [-0.05, 0) is 42.2 Å². The van der Waals surface area contributed by atoms with Crippen molar-refractivity contribution in [2.45, 2.75) is 39.7 Å². The van der Waals surface area contributed by atoms with Gasteiger partial charge in [0.2, 0.25) is 0 Å². The average molecular weight is 466 g/mol. The molecule has 180 valence electrons. The molecule has 2 heterocycles. The van der Waals surface area contributed by atoms with E-state index in [0.29, 0.717) is 60.7 Å². The summed E-state index contributed by atoms with van der Waals surface area (Å²) in [7, 11) is 0. The number of fused-ring (bicyclic) bond motifs is 1. The predicted octanol–water partition coefficient (Wildman–Crippen LogP) is 4.71. The lowest BCUT2D eigenvalue weighted by molar-refractivity contribution is -0.139. The molecule has 1 fully saturated rings. The molecule has 2 aliphatic heterocycles. The molecule has 0 spiro atoms. The summed E-state index contributed by atoms with van der Waals surface area (Å²) in [4.78, 5) is 27.7. The van der Waals surface area contributed by atoms with Crippen LogP contribution in [0.3, 0.4) is 0 Å². The van der Waals surface area contributed by atoms with Crippen molar-refractivity contribution < 1.29 is 28.9 Å². The highest BCUT2D eigenvalue weighted by Crippen LogP contribution is 2.42. The topological polar surface area (TPSA) is 85.3 Å². The Bertz CT molecular complexity index is 1110. The molecule has 0 radical (unpaired) electrons. The van der Waals surface area contributed by atoms with Gasteiger partial charge in [-0.1, -0.05) is 45.4 Å². The van der Waals surface area contributed by atoms with E-state index in [0.717, 1.165) is 12.8 Å². The average Bonchev–Trinajstić information content (AvgIpc) is 3.10. The summed E-state index contributed by atoms with van der Waals surface area (Å²) >= 11 is 0. The van der Waals surface area contributed by atoms with Crippen LogP contribution in [-0.4, -0.2) is 48.1 Å². The van der Waals surface area contributed by atoms with Crippen molar-refractivity contribution in [1.29, 1.82) is 0 Å². The summed E-state index contributed by atoms with van der Waals surface area (Å²) in [6.45, 7) is 7.96. The Morgan fingerprint density at radius 2 is 1.88 bits per heavy atom. The smallest absolute Gasteiger partial charge is 0.295 e. The number of aliphatic hydroxyl groups excluding tert-OH is 1. The molecule has 4 rings (SSSR count). The molecule has 1 amide bonds. The van der Waals surface area contributed by atoms with Gasteiger partial charge in [-0.25, -0.2) is 0 Å². The zero-order valence-electron chi connectivity index (χ0n) is 19.9. The van der Waals surface area contributed by atoms with Crippen LogP contribution in [0, 0.1) is 5.92 Å². The molecule has 0 aliphatic carbocycles. The second kappa shape index (κ2) is 10.2. The lowest BCUT2D eigenvalue weighted by Crippen LogP contribution is -2.30. The monoisotopic (exact) mass is 465 g/mol. The minimum atomic E-state index is -0.720. The van der Waals surface area contributed by atoms with Crippen molar-refractivity contribution in [3.8, 4) is 17.2 Å². The van der Waals surface area contributed by atoms with Crippen molar-refractivity contribution in [2.24, 2.45) is 5.92 Å². The maximum atomic E-state index is 13.2. The first-order chi connectivity index (χ1) is 16.4. The fourth-order valence-electron chi connectivity index (χ4n) is 4.17. The van der Waals surface area contributed by atoms with Gasteiger partial charge < -0.3 is 24.2 Å². The number of rotatable bonds is 8. The fraction of sp³-hybridized carbons (Fsp3) is 0.407. The lowest BCUT2D eigenvalue weighted by Gasteiger charge is -2.27. The zero-order chi connectivity index (χ0) is 24.2. The maximum Gasteiger partial charge on any atom is 0.295 e. The van der Waals surface area contributed by atoms with Crippen molar-refractivity contribution in [1.82, 2.24) is 4.90 Å². The second-order valence-electron chi connectivity index (χ2n) is 8.98. The van der Waals surface area contributed by atoms with Crippen LogP contribution in [-0.2, 0) is 9.59 Å². The third-order valence-electron chi connectivity index (χ3n) is 5.87. The number of nitrogens with zero attached hydrogens (tertiary/aromatic N) is 1. The molecule has 7 heteroatoms. The number of ketones is 1. The molecule has 0 saturated carbocycles. The molecule has 1 atom stereocenters. The van der Waals surface area contributed by atoms with Crippen molar-refractivity contribution in [3.63, 3.8) is 0 Å². The van der Waals surface area contributed by atoms with Crippen LogP contribution in [0.2, 0.25) is 0 Å². The summed E-state index contributed by atoms with van der Waals surface area (Å²) in [6, 6.07) is 11.6. The van der Waals surface area contributed by atoms with Gasteiger partial charge in [0.05, 0.1) is 18.2 Å². The molecule has 1 saturated heterocycles. The second-order valence-corrected chi connectivity index (χ2v) is 8.98. The summed E-state index contributed by atoms with van der Waals surface area (Å²) in [5.74, 6) is 0.603. The highest BCUT2D eigenvalue weighted by atomic mass is 16.6. The molecule has 2 aromatic rings. The number of likely N-dealkylation sites (tertiary alicyclic amines) is 1. The fourth-order valence-corrected chi connectivity index (χ4v) is 4.17. The molecule has 1 unspecified atom stereocenters. The van der Waals surface area contributed by atoms with Gasteiger partial charge >= 0.3 is 0 Å². The van der Waals surface area contributed by atoms with Crippen LogP contribution in [0.1, 0.15) is 50.8 Å². The lowest BCUT2D eigenvalue weighted by atomic mass is 9.94. The number of hydrogen-bond donors (Lipinski definition) is 1. The van der Waals surface area contributed by atoms with E-state index in [9.17, 15) is 14.7 Å². The molecule has 1 N–H and O–H groups in total. The van der Waals surface area contributed by atoms with Gasteiger partial charge in [0.15, 0.2) is 11.5 Å². The first-order valence-electron chi connectivity index (χ1n) is 11.8.